The second-order valence-corrected chi connectivity index (χ2v) is 6.08. The third-order valence-electron chi connectivity index (χ3n) is 4.43. The molecule has 2 rings (SSSR count). The molecule has 0 spiro atoms. The SMILES string of the molecule is C=C1NN=C(C(/C=C\C)=C/C)C=C1C(=O)NCCC1CCCC1. The standard InChI is InChI=1S/C19H27N3O/c1-4-8-16(5-2)18-13-17(14(3)21-22-18)19(23)20-12-11-15-9-6-7-10-15/h4-5,8,13,15,21H,3,6-7,9-12H2,1-2H3,(H,20,23)/b8-4-,16-5+. The van der Waals surface area contributed by atoms with Gasteiger partial charge in [0.05, 0.1) is 17.0 Å². The summed E-state index contributed by atoms with van der Waals surface area (Å²) in [5.41, 5.74) is 5.69. The van der Waals surface area contributed by atoms with Crippen LogP contribution in [0.1, 0.15) is 46.0 Å². The molecule has 0 saturated heterocycles. The molecule has 1 amide bonds. The Morgan fingerprint density at radius 2 is 2.17 bits per heavy atom. The molecule has 0 bridgehead atoms. The lowest BCUT2D eigenvalue weighted by Crippen LogP contribution is -2.32. The van der Waals surface area contributed by atoms with Gasteiger partial charge in [0, 0.05) is 6.54 Å². The molecule has 1 heterocycles. The maximum atomic E-state index is 12.4. The van der Waals surface area contributed by atoms with E-state index in [0.29, 0.717) is 11.3 Å². The van der Waals surface area contributed by atoms with Crippen molar-refractivity contribution in [1.29, 1.82) is 0 Å². The van der Waals surface area contributed by atoms with Gasteiger partial charge in [0.25, 0.3) is 5.91 Å². The minimum Gasteiger partial charge on any atom is -0.352 e. The molecule has 0 aromatic rings. The predicted octanol–water partition coefficient (Wildman–Crippen LogP) is 3.60. The molecule has 1 fully saturated rings. The molecule has 0 aromatic carbocycles. The van der Waals surface area contributed by atoms with Crippen molar-refractivity contribution in [3.8, 4) is 0 Å². The lowest BCUT2D eigenvalue weighted by molar-refractivity contribution is -0.117. The van der Waals surface area contributed by atoms with E-state index in [0.717, 1.165) is 30.2 Å². The summed E-state index contributed by atoms with van der Waals surface area (Å²) < 4.78 is 0. The highest BCUT2D eigenvalue weighted by atomic mass is 16.1. The van der Waals surface area contributed by atoms with Crippen molar-refractivity contribution in [3.05, 3.63) is 47.7 Å². The molecule has 23 heavy (non-hydrogen) atoms. The summed E-state index contributed by atoms with van der Waals surface area (Å²) in [5.74, 6) is 0.697. The van der Waals surface area contributed by atoms with Gasteiger partial charge in [-0.15, -0.1) is 0 Å². The van der Waals surface area contributed by atoms with Crippen molar-refractivity contribution >= 4 is 11.6 Å². The van der Waals surface area contributed by atoms with Crippen molar-refractivity contribution in [2.24, 2.45) is 11.0 Å². The fourth-order valence-electron chi connectivity index (χ4n) is 3.09. The van der Waals surface area contributed by atoms with Crippen LogP contribution in [0, 0.1) is 5.92 Å². The van der Waals surface area contributed by atoms with Gasteiger partial charge in [0.1, 0.15) is 0 Å². The van der Waals surface area contributed by atoms with E-state index in [4.69, 9.17) is 0 Å². The van der Waals surface area contributed by atoms with Gasteiger partial charge in [-0.1, -0.05) is 50.5 Å². The molecule has 0 aromatic heterocycles. The molecule has 124 valence electrons. The van der Waals surface area contributed by atoms with Gasteiger partial charge in [-0.3, -0.25) is 10.2 Å². The highest BCUT2D eigenvalue weighted by molar-refractivity contribution is 6.15. The molecule has 0 unspecified atom stereocenters. The Labute approximate surface area is 139 Å². The van der Waals surface area contributed by atoms with Crippen LogP contribution in [0.25, 0.3) is 0 Å². The number of allylic oxidation sites excluding steroid dienone is 5. The monoisotopic (exact) mass is 313 g/mol. The van der Waals surface area contributed by atoms with Crippen LogP contribution in [0.15, 0.2) is 52.8 Å². The summed E-state index contributed by atoms with van der Waals surface area (Å²) in [4.78, 5) is 12.4. The third kappa shape index (κ3) is 4.68. The number of carbonyl (C=O) groups excluding carboxylic acids is 1. The van der Waals surface area contributed by atoms with E-state index < -0.39 is 0 Å². The average Bonchev–Trinajstić information content (AvgIpc) is 3.06. The Morgan fingerprint density at radius 1 is 1.43 bits per heavy atom. The van der Waals surface area contributed by atoms with Crippen molar-refractivity contribution in [2.45, 2.75) is 46.0 Å². The Balaban J connectivity index is 1.97. The summed E-state index contributed by atoms with van der Waals surface area (Å²) in [5, 5.41) is 7.29. The summed E-state index contributed by atoms with van der Waals surface area (Å²) in [6.07, 6.45) is 14.0. The molecule has 4 nitrogen and oxygen atoms in total. The van der Waals surface area contributed by atoms with E-state index in [1.807, 2.05) is 32.1 Å². The fourth-order valence-corrected chi connectivity index (χ4v) is 3.09. The van der Waals surface area contributed by atoms with Gasteiger partial charge in [-0.25, -0.2) is 0 Å². The molecule has 4 heteroatoms. The minimum absolute atomic E-state index is 0.0798. The van der Waals surface area contributed by atoms with Gasteiger partial charge in [-0.05, 0) is 37.8 Å². The average molecular weight is 313 g/mol. The number of hydrogen-bond acceptors (Lipinski definition) is 3. The first-order valence-corrected chi connectivity index (χ1v) is 8.48. The van der Waals surface area contributed by atoms with Crippen LogP contribution in [-0.2, 0) is 4.79 Å². The van der Waals surface area contributed by atoms with Crippen LogP contribution in [0.5, 0.6) is 0 Å². The predicted molar refractivity (Wildman–Crippen MR) is 95.9 cm³/mol. The molecule has 0 radical (unpaired) electrons. The van der Waals surface area contributed by atoms with E-state index in [-0.39, 0.29) is 5.91 Å². The van der Waals surface area contributed by atoms with Gasteiger partial charge in [0.2, 0.25) is 0 Å². The number of rotatable bonds is 6. The molecular formula is C19H27N3O. The lowest BCUT2D eigenvalue weighted by atomic mass is 10.0. The van der Waals surface area contributed by atoms with Gasteiger partial charge in [0.15, 0.2) is 0 Å². The van der Waals surface area contributed by atoms with Crippen molar-refractivity contribution < 1.29 is 4.79 Å². The Hall–Kier alpha value is -2.10. The van der Waals surface area contributed by atoms with Gasteiger partial charge < -0.3 is 5.32 Å². The summed E-state index contributed by atoms with van der Waals surface area (Å²) in [6.45, 7) is 8.52. The normalized spacial score (nSPS) is 19.6. The highest BCUT2D eigenvalue weighted by Gasteiger charge is 2.19. The first-order valence-electron chi connectivity index (χ1n) is 8.48. The summed E-state index contributed by atoms with van der Waals surface area (Å²) >= 11 is 0. The van der Waals surface area contributed by atoms with Crippen LogP contribution in [0.2, 0.25) is 0 Å². The Morgan fingerprint density at radius 3 is 2.83 bits per heavy atom. The van der Waals surface area contributed by atoms with Crippen LogP contribution >= 0.6 is 0 Å². The van der Waals surface area contributed by atoms with Gasteiger partial charge in [-0.2, -0.15) is 5.10 Å². The summed E-state index contributed by atoms with van der Waals surface area (Å²) in [7, 11) is 0. The molecular weight excluding hydrogens is 286 g/mol. The Bertz CT molecular complexity index is 575. The number of amides is 1. The second kappa shape index (κ2) is 8.51. The van der Waals surface area contributed by atoms with E-state index in [1.165, 1.54) is 25.7 Å². The third-order valence-corrected chi connectivity index (χ3v) is 4.43. The molecule has 0 atom stereocenters. The minimum atomic E-state index is -0.0798. The maximum absolute atomic E-state index is 12.4. The quantitative estimate of drug-likeness (QED) is 0.736. The van der Waals surface area contributed by atoms with Crippen molar-refractivity contribution in [1.82, 2.24) is 10.7 Å². The van der Waals surface area contributed by atoms with E-state index in [9.17, 15) is 4.79 Å². The maximum Gasteiger partial charge on any atom is 0.253 e. The lowest BCUT2D eigenvalue weighted by Gasteiger charge is -2.17. The number of carbonyl (C=O) groups is 1. The van der Waals surface area contributed by atoms with Crippen molar-refractivity contribution in [3.63, 3.8) is 0 Å². The van der Waals surface area contributed by atoms with Crippen LogP contribution in [-0.4, -0.2) is 18.2 Å². The number of nitrogens with one attached hydrogen (secondary N) is 2. The zero-order chi connectivity index (χ0) is 16.7. The fraction of sp³-hybridized carbons (Fsp3) is 0.474. The first kappa shape index (κ1) is 17.3. The second-order valence-electron chi connectivity index (χ2n) is 6.08. The topological polar surface area (TPSA) is 53.5 Å². The summed E-state index contributed by atoms with van der Waals surface area (Å²) in [6, 6.07) is 0. The zero-order valence-corrected chi connectivity index (χ0v) is 14.2. The number of hydrazone groups is 1. The van der Waals surface area contributed by atoms with Gasteiger partial charge >= 0.3 is 0 Å². The van der Waals surface area contributed by atoms with E-state index in [2.05, 4.69) is 22.4 Å². The van der Waals surface area contributed by atoms with Crippen LogP contribution < -0.4 is 10.7 Å². The molecule has 2 N–H and O–H groups in total. The van der Waals surface area contributed by atoms with Crippen molar-refractivity contribution in [2.75, 3.05) is 6.54 Å². The van der Waals surface area contributed by atoms with Crippen LogP contribution in [0.3, 0.4) is 0 Å². The first-order chi connectivity index (χ1) is 11.2. The molecule has 1 saturated carbocycles. The molecule has 1 aliphatic carbocycles. The zero-order valence-electron chi connectivity index (χ0n) is 14.2. The number of hydrogen-bond donors (Lipinski definition) is 2. The molecule has 2 aliphatic rings. The smallest absolute Gasteiger partial charge is 0.253 e. The largest absolute Gasteiger partial charge is 0.352 e. The van der Waals surface area contributed by atoms with E-state index >= 15 is 0 Å². The molecule has 1 aliphatic heterocycles. The van der Waals surface area contributed by atoms with Crippen LogP contribution in [0.4, 0.5) is 0 Å². The number of nitrogens with zero attached hydrogens (tertiary/aromatic N) is 1. The van der Waals surface area contributed by atoms with E-state index in [1.54, 1.807) is 6.08 Å². The Kier molecular flexibility index (Phi) is 6.39. The highest BCUT2D eigenvalue weighted by Crippen LogP contribution is 2.27.